The summed E-state index contributed by atoms with van der Waals surface area (Å²) in [7, 11) is 0. The molecular formula is C23H44Br2N4Zn. The van der Waals surface area contributed by atoms with E-state index in [2.05, 4.69) is 46.4 Å². The normalized spacial score (nSPS) is 7.33. The van der Waals surface area contributed by atoms with Gasteiger partial charge in [0.05, 0.1) is 9.81 Å². The van der Waals surface area contributed by atoms with E-state index in [-0.39, 0.29) is 18.5 Å². The summed E-state index contributed by atoms with van der Waals surface area (Å²) in [4.78, 5) is 7.22. The molecule has 0 atom stereocenters. The van der Waals surface area contributed by atoms with Gasteiger partial charge in [-0.3, -0.25) is 9.97 Å². The van der Waals surface area contributed by atoms with Gasteiger partial charge in [-0.15, -0.1) is 21.3 Å². The molecule has 2 aromatic rings. The van der Waals surface area contributed by atoms with Gasteiger partial charge < -0.3 is 17.7 Å². The van der Waals surface area contributed by atoms with Crippen molar-refractivity contribution in [2.45, 2.75) is 62.3 Å². The number of hydrogen-bond donors (Lipinski definition) is 2. The van der Waals surface area contributed by atoms with Crippen LogP contribution in [0.2, 0.25) is 0 Å². The van der Waals surface area contributed by atoms with Crippen LogP contribution in [0.3, 0.4) is 0 Å². The molecule has 2 aromatic heterocycles. The molecule has 2 heterocycles. The molecule has 172 valence electrons. The molecule has 0 spiro atoms. The summed E-state index contributed by atoms with van der Waals surface area (Å²) in [5, 5.41) is 13.7. The molecular weight excluding hydrogens is 557 g/mol. The van der Waals surface area contributed by atoms with Crippen LogP contribution in [0.15, 0.2) is 54.9 Å². The Bertz CT molecular complexity index is 566. The topological polar surface area (TPSA) is 73.5 Å². The molecule has 0 amide bonds. The molecule has 7 heteroatoms. The molecule has 0 aliphatic carbocycles. The third-order valence-electron chi connectivity index (χ3n) is 1.25. The van der Waals surface area contributed by atoms with E-state index >= 15 is 0 Å². The summed E-state index contributed by atoms with van der Waals surface area (Å²) >= 11 is 7.28. The van der Waals surface area contributed by atoms with E-state index in [1.165, 1.54) is 34.7 Å². The SMILES string of the molecule is CC.CC.CC.CC.CC=N.[3H]c1cccc(C=N)n1.[3H]c1cccc([3H])n1.[CH2-]CBr.[Zn+][Br]. The number of halogens is 2. The Morgan fingerprint density at radius 3 is 1.43 bits per heavy atom. The third-order valence-corrected chi connectivity index (χ3v) is 1.25. The second kappa shape index (κ2) is 79.5. The van der Waals surface area contributed by atoms with Crippen molar-refractivity contribution in [3.05, 3.63) is 67.5 Å². The predicted octanol–water partition coefficient (Wildman–Crippen LogP) is 8.98. The van der Waals surface area contributed by atoms with Gasteiger partial charge >= 0.3 is 30.0 Å². The predicted molar refractivity (Wildman–Crippen MR) is 144 cm³/mol. The van der Waals surface area contributed by atoms with Crippen molar-refractivity contribution in [3.8, 4) is 0 Å². The second-order valence-electron chi connectivity index (χ2n) is 2.71. The van der Waals surface area contributed by atoms with E-state index < -0.39 is 0 Å². The van der Waals surface area contributed by atoms with Crippen LogP contribution in [0, 0.1) is 17.7 Å². The van der Waals surface area contributed by atoms with Crippen LogP contribution in [0.1, 0.15) is 72.1 Å². The van der Waals surface area contributed by atoms with E-state index in [1.54, 1.807) is 31.2 Å². The molecule has 4 nitrogen and oxygen atoms in total. The van der Waals surface area contributed by atoms with Crippen LogP contribution in [-0.2, 0) is 16.3 Å². The van der Waals surface area contributed by atoms with Gasteiger partial charge in [0.2, 0.25) is 0 Å². The standard InChI is InChI=1S/C6H6N2.C5H5N.C2H4Br.C2H5N.4C2H6.BrH.Zn/c7-5-6-3-1-2-4-8-6;1-2-4-6-5-3-1;2*1-2-3;4*1-2;;/h1-5,7H;1-5H;1-2H2;2-3H,1H3;4*1-2H3;1H;/q;;-1;;;;;;;+2/p-1/i4T;4T,5T;;;;;;;;. The number of pyridine rings is 2. The number of rotatable bonds is 1. The van der Waals surface area contributed by atoms with Crippen molar-refractivity contribution < 1.29 is 20.5 Å². The van der Waals surface area contributed by atoms with Crippen LogP contribution < -0.4 is 0 Å². The average molecular weight is 608 g/mol. The van der Waals surface area contributed by atoms with Gasteiger partial charge in [0.1, 0.15) is 0 Å². The molecule has 2 rings (SSSR count). The molecule has 2 N–H and O–H groups in total. The van der Waals surface area contributed by atoms with Gasteiger partial charge in [-0.25, -0.2) is 0 Å². The fraction of sp³-hybridized carbons (Fsp3) is 0.435. The molecule has 0 aromatic carbocycles. The number of aromatic nitrogens is 2. The first-order chi connectivity index (χ1) is 15.9. The fourth-order valence-electron chi connectivity index (χ4n) is 0.665. The van der Waals surface area contributed by atoms with E-state index in [4.69, 9.17) is 14.9 Å². The van der Waals surface area contributed by atoms with Crippen molar-refractivity contribution in [2.24, 2.45) is 0 Å². The summed E-state index contributed by atoms with van der Waals surface area (Å²) < 4.78 is 20.8. The van der Waals surface area contributed by atoms with Crippen LogP contribution in [0.4, 0.5) is 0 Å². The Morgan fingerprint density at radius 1 is 0.900 bits per heavy atom. The van der Waals surface area contributed by atoms with Crippen molar-refractivity contribution in [2.75, 3.05) is 5.33 Å². The Hall–Kier alpha value is -0.777. The summed E-state index contributed by atoms with van der Waals surface area (Å²) in [6, 6.07) is 9.68. The maximum absolute atomic E-state index is 7.02. The molecule has 0 bridgehead atoms. The first-order valence-corrected chi connectivity index (χ1v) is 17.9. The third kappa shape index (κ3) is 80.8. The van der Waals surface area contributed by atoms with Crippen LogP contribution in [0.25, 0.3) is 0 Å². The first-order valence-electron chi connectivity index (χ1n) is 11.4. The van der Waals surface area contributed by atoms with E-state index in [1.807, 2.05) is 55.4 Å². The summed E-state index contributed by atoms with van der Waals surface area (Å²) in [5.74, 6) is 0. The maximum atomic E-state index is 7.02. The minimum atomic E-state index is 0.150. The number of nitrogens with one attached hydrogen (secondary N) is 2. The molecule has 0 aliphatic rings. The zero-order valence-corrected chi connectivity index (χ0v) is 26.5. The Balaban J connectivity index is -0.0000000515. The number of hydrogen-bond acceptors (Lipinski definition) is 4. The molecule has 0 fully saturated rings. The van der Waals surface area contributed by atoms with Gasteiger partial charge in [-0.2, -0.15) is 0 Å². The molecule has 30 heavy (non-hydrogen) atoms. The molecule has 0 aliphatic heterocycles. The van der Waals surface area contributed by atoms with E-state index in [0.29, 0.717) is 5.69 Å². The Morgan fingerprint density at radius 2 is 1.23 bits per heavy atom. The van der Waals surface area contributed by atoms with Gasteiger partial charge in [0.15, 0.2) is 0 Å². The zero-order valence-electron chi connectivity index (χ0n) is 23.4. The van der Waals surface area contributed by atoms with Crippen molar-refractivity contribution in [3.63, 3.8) is 0 Å². The minimum absolute atomic E-state index is 0.150. The molecule has 0 saturated carbocycles. The zero-order chi connectivity index (χ0) is 28.1. The number of nitrogens with zero attached hydrogens (tertiary/aromatic N) is 2. The fourth-order valence-corrected chi connectivity index (χ4v) is 0.665. The van der Waals surface area contributed by atoms with Gasteiger partial charge in [0, 0.05) is 24.7 Å². The monoisotopic (exact) mass is 604 g/mol. The molecule has 0 radical (unpaired) electrons. The summed E-state index contributed by atoms with van der Waals surface area (Å²) in [6.45, 7) is 21.1. The quantitative estimate of drug-likeness (QED) is 0.147. The van der Waals surface area contributed by atoms with Crippen LogP contribution >= 0.6 is 29.6 Å². The van der Waals surface area contributed by atoms with Gasteiger partial charge in [0.25, 0.3) is 0 Å². The Kier molecular flexibility index (Phi) is 96.9. The second-order valence-corrected chi connectivity index (χ2v) is 3.50. The van der Waals surface area contributed by atoms with Crippen molar-refractivity contribution in [1.82, 2.24) is 9.97 Å². The average Bonchev–Trinajstić information content (AvgIpc) is 2.87. The van der Waals surface area contributed by atoms with E-state index in [0.717, 1.165) is 11.5 Å². The van der Waals surface area contributed by atoms with Crippen LogP contribution in [0.5, 0.6) is 0 Å². The van der Waals surface area contributed by atoms with E-state index in [9.17, 15) is 0 Å². The molecule has 0 saturated heterocycles. The Labute approximate surface area is 217 Å². The van der Waals surface area contributed by atoms with Gasteiger partial charge in [-0.05, 0) is 37.4 Å². The summed E-state index contributed by atoms with van der Waals surface area (Å²) in [6.07, 6.45) is 2.88. The molecule has 0 unspecified atom stereocenters. The summed E-state index contributed by atoms with van der Waals surface area (Å²) in [5.41, 5.74) is 0.530. The van der Waals surface area contributed by atoms with Crippen molar-refractivity contribution in [1.29, 1.82) is 10.8 Å². The number of alkyl halides is 1. The van der Waals surface area contributed by atoms with Crippen molar-refractivity contribution >= 4 is 42.0 Å². The first kappa shape index (κ1) is 36.6. The van der Waals surface area contributed by atoms with Gasteiger partial charge in [-0.1, -0.05) is 67.5 Å². The van der Waals surface area contributed by atoms with Crippen LogP contribution in [-0.4, -0.2) is 27.7 Å².